The molecule has 1 saturated heterocycles. The molecule has 3 atom stereocenters. The predicted molar refractivity (Wildman–Crippen MR) is 174 cm³/mol. The minimum Gasteiger partial charge on any atom is -0.464 e. The minimum absolute atomic E-state index is 0.0172. The lowest BCUT2D eigenvalue weighted by Gasteiger charge is -2.34. The van der Waals surface area contributed by atoms with Crippen molar-refractivity contribution in [3.8, 4) is 21.8 Å². The van der Waals surface area contributed by atoms with Gasteiger partial charge < -0.3 is 19.8 Å². The number of hydrogen-bond donors (Lipinski definition) is 2. The van der Waals surface area contributed by atoms with Gasteiger partial charge in [-0.15, -0.1) is 0 Å². The Bertz CT molecular complexity index is 1840. The van der Waals surface area contributed by atoms with Crippen LogP contribution in [-0.2, 0) is 38.4 Å². The molecule has 0 aliphatic carbocycles. The number of alkyl halides is 3. The van der Waals surface area contributed by atoms with Crippen molar-refractivity contribution in [2.45, 2.75) is 77.4 Å². The Morgan fingerprint density at radius 2 is 2.04 bits per heavy atom. The van der Waals surface area contributed by atoms with Gasteiger partial charge in [-0.05, 0) is 73.6 Å². The average molecular weight is 686 g/mol. The topological polar surface area (TPSA) is 137 Å². The number of hydrogen-bond acceptors (Lipinski definition) is 10. The summed E-state index contributed by atoms with van der Waals surface area (Å²) in [5.41, 5.74) is 11.6. The summed E-state index contributed by atoms with van der Waals surface area (Å²) in [4.78, 5) is 35.7. The Hall–Kier alpha value is -3.92. The maximum atomic E-state index is 14.3. The smallest absolute Gasteiger partial charge is 0.406 e. The first kappa shape index (κ1) is 34.0. The van der Waals surface area contributed by atoms with Gasteiger partial charge in [-0.1, -0.05) is 13.8 Å². The molecule has 48 heavy (non-hydrogen) atoms. The zero-order valence-corrected chi connectivity index (χ0v) is 28.0. The van der Waals surface area contributed by atoms with Gasteiger partial charge >= 0.3 is 12.1 Å². The maximum absolute atomic E-state index is 14.3. The van der Waals surface area contributed by atoms with Crippen LogP contribution >= 0.6 is 11.5 Å². The van der Waals surface area contributed by atoms with E-state index < -0.39 is 42.3 Å². The number of nitrogens with one attached hydrogen (secondary N) is 1. The quantitative estimate of drug-likeness (QED) is 0.285. The van der Waals surface area contributed by atoms with Gasteiger partial charge in [-0.3, -0.25) is 19.6 Å². The van der Waals surface area contributed by atoms with Crippen LogP contribution in [0.2, 0.25) is 0 Å². The number of halogens is 3. The number of nitrogens with two attached hydrogens (primary N) is 1. The van der Waals surface area contributed by atoms with Crippen molar-refractivity contribution in [1.82, 2.24) is 29.3 Å². The number of ether oxygens (including phenoxy) is 2. The number of nitrogens with zero attached hydrogens (tertiary/aromatic N) is 5. The summed E-state index contributed by atoms with van der Waals surface area (Å²) in [5.74, 6) is -0.533. The second-order valence-corrected chi connectivity index (χ2v) is 13.9. The lowest BCUT2D eigenvalue weighted by Crippen LogP contribution is -2.59. The van der Waals surface area contributed by atoms with E-state index in [4.69, 9.17) is 15.2 Å². The predicted octanol–water partition coefficient (Wildman–Crippen LogP) is 4.98. The molecule has 4 aromatic rings. The van der Waals surface area contributed by atoms with Crippen LogP contribution in [0.4, 0.5) is 13.2 Å². The molecule has 256 valence electrons. The van der Waals surface area contributed by atoms with Crippen LogP contribution in [0.1, 0.15) is 56.8 Å². The summed E-state index contributed by atoms with van der Waals surface area (Å²) in [6.45, 7) is 4.74. The van der Waals surface area contributed by atoms with Crippen molar-refractivity contribution in [2.75, 3.05) is 20.3 Å². The van der Waals surface area contributed by atoms with E-state index in [9.17, 15) is 22.8 Å². The molecule has 1 aromatic carbocycles. The van der Waals surface area contributed by atoms with E-state index in [0.717, 1.165) is 11.5 Å². The fraction of sp³-hybridized carbons (Fsp3) is 0.485. The average Bonchev–Trinajstić information content (AvgIpc) is 3.63. The SMILES string of the molecule is CO[C@@H](C)c1ncccc1-c1c2c3cc(ccc3n1CC(F)(F)F)-c1nc(ns1)C[C@H](N)C(=O)N1CCC[C@H](N1)C(=O)OCC(C)(C)C2. The second-order valence-electron chi connectivity index (χ2n) is 13.2. The zero-order chi connectivity index (χ0) is 34.4. The molecule has 11 nitrogen and oxygen atoms in total. The van der Waals surface area contributed by atoms with Crippen molar-refractivity contribution in [2.24, 2.45) is 11.1 Å². The third-order valence-electron chi connectivity index (χ3n) is 8.77. The van der Waals surface area contributed by atoms with Crippen molar-refractivity contribution in [3.63, 3.8) is 0 Å². The first-order valence-corrected chi connectivity index (χ1v) is 16.5. The van der Waals surface area contributed by atoms with Gasteiger partial charge in [0.15, 0.2) is 0 Å². The van der Waals surface area contributed by atoms with Crippen LogP contribution in [0, 0.1) is 5.41 Å². The van der Waals surface area contributed by atoms with Crippen LogP contribution in [-0.4, -0.2) is 74.3 Å². The number of cyclic esters (lactones) is 1. The summed E-state index contributed by atoms with van der Waals surface area (Å²) in [7, 11) is 1.53. The third kappa shape index (κ3) is 6.95. The van der Waals surface area contributed by atoms with Gasteiger partial charge in [0, 0.05) is 53.7 Å². The largest absolute Gasteiger partial charge is 0.464 e. The highest BCUT2D eigenvalue weighted by Crippen LogP contribution is 2.43. The fourth-order valence-electron chi connectivity index (χ4n) is 6.39. The Kier molecular flexibility index (Phi) is 9.32. The van der Waals surface area contributed by atoms with Crippen LogP contribution in [0.15, 0.2) is 36.5 Å². The first-order chi connectivity index (χ1) is 22.7. The molecule has 6 bridgehead atoms. The molecule has 1 amide bonds. The number of pyridine rings is 1. The van der Waals surface area contributed by atoms with Gasteiger partial charge in [0.2, 0.25) is 0 Å². The van der Waals surface area contributed by atoms with Gasteiger partial charge in [0.25, 0.3) is 5.91 Å². The van der Waals surface area contributed by atoms with Crippen LogP contribution in [0.25, 0.3) is 32.7 Å². The number of esters is 1. The number of benzene rings is 1. The first-order valence-electron chi connectivity index (χ1n) is 15.8. The molecule has 0 radical (unpaired) electrons. The molecular weight excluding hydrogens is 647 g/mol. The van der Waals surface area contributed by atoms with E-state index in [0.29, 0.717) is 69.2 Å². The van der Waals surface area contributed by atoms with Gasteiger partial charge in [0.1, 0.15) is 23.4 Å². The number of fused-ring (bicyclic) bond motifs is 6. The van der Waals surface area contributed by atoms with E-state index in [1.54, 1.807) is 37.4 Å². The third-order valence-corrected chi connectivity index (χ3v) is 9.57. The number of methoxy groups -OCH3 is 1. The zero-order valence-electron chi connectivity index (χ0n) is 27.1. The summed E-state index contributed by atoms with van der Waals surface area (Å²) in [5, 5.41) is 2.51. The lowest BCUT2D eigenvalue weighted by molar-refractivity contribution is -0.155. The highest BCUT2D eigenvalue weighted by Gasteiger charge is 2.36. The summed E-state index contributed by atoms with van der Waals surface area (Å²) >= 11 is 1.13. The molecule has 15 heteroatoms. The summed E-state index contributed by atoms with van der Waals surface area (Å²) < 4.78 is 60.1. The Morgan fingerprint density at radius 3 is 2.79 bits per heavy atom. The van der Waals surface area contributed by atoms with Gasteiger partial charge in [-0.2, -0.15) is 17.5 Å². The van der Waals surface area contributed by atoms with E-state index in [-0.39, 0.29) is 25.4 Å². The normalized spacial score (nSPS) is 21.2. The van der Waals surface area contributed by atoms with Gasteiger partial charge in [-0.25, -0.2) is 10.4 Å². The molecule has 2 aliphatic rings. The monoisotopic (exact) mass is 685 g/mol. The van der Waals surface area contributed by atoms with E-state index in [1.165, 1.54) is 16.7 Å². The highest BCUT2D eigenvalue weighted by molar-refractivity contribution is 7.09. The molecule has 0 saturated carbocycles. The number of rotatable bonds is 4. The van der Waals surface area contributed by atoms with Crippen molar-refractivity contribution in [3.05, 3.63) is 53.6 Å². The maximum Gasteiger partial charge on any atom is 0.406 e. The second kappa shape index (κ2) is 13.2. The molecule has 1 fully saturated rings. The van der Waals surface area contributed by atoms with Crippen molar-refractivity contribution < 1.29 is 32.2 Å². The molecule has 3 aromatic heterocycles. The van der Waals surface area contributed by atoms with Crippen molar-refractivity contribution >= 4 is 34.3 Å². The Morgan fingerprint density at radius 1 is 1.25 bits per heavy atom. The molecule has 5 heterocycles. The lowest BCUT2D eigenvalue weighted by atomic mass is 9.84. The fourth-order valence-corrected chi connectivity index (χ4v) is 7.08. The van der Waals surface area contributed by atoms with E-state index in [2.05, 4.69) is 19.8 Å². The van der Waals surface area contributed by atoms with Crippen LogP contribution in [0.3, 0.4) is 0 Å². The standard InChI is InChI=1S/C33H38F3N7O4S/c1-18(46-4)27-20(7-5-11-38-27)28-22-15-32(2,3)17-47-31(45)24-8-6-12-43(40-24)30(44)23(37)14-26-39-29(48-41-26)19-9-10-25(21(22)13-19)42(28)16-33(34,35)36/h5,7,9-11,13,18,23-24,40H,6,8,12,14-17,37H2,1-4H3/t18-,23-,24-/m0/s1. The number of carbonyl (C=O) groups excluding carboxylic acids is 2. The molecule has 6 rings (SSSR count). The van der Waals surface area contributed by atoms with Crippen LogP contribution in [0.5, 0.6) is 0 Å². The number of amides is 1. The summed E-state index contributed by atoms with van der Waals surface area (Å²) in [6.07, 6.45) is -2.08. The Balaban J connectivity index is 1.57. The highest BCUT2D eigenvalue weighted by atomic mass is 32.1. The van der Waals surface area contributed by atoms with Gasteiger partial charge in [0.05, 0.1) is 30.1 Å². The molecular formula is C33H38F3N7O4S. The minimum atomic E-state index is -4.53. The molecule has 0 spiro atoms. The number of carbonyl (C=O) groups is 2. The van der Waals surface area contributed by atoms with E-state index in [1.807, 2.05) is 19.9 Å². The number of aromatic nitrogens is 4. The Labute approximate surface area is 279 Å². The molecule has 3 N–H and O–H groups in total. The van der Waals surface area contributed by atoms with E-state index >= 15 is 0 Å². The molecule has 2 aliphatic heterocycles. The summed E-state index contributed by atoms with van der Waals surface area (Å²) in [6, 6.07) is 6.97. The molecule has 0 unspecified atom stereocenters. The number of hydrazine groups is 1. The van der Waals surface area contributed by atoms with Crippen molar-refractivity contribution in [1.29, 1.82) is 0 Å². The van der Waals surface area contributed by atoms with Crippen LogP contribution < -0.4 is 11.2 Å².